The number of fused-ring (bicyclic) bond motifs is 1. The number of oxazole rings is 1. The van der Waals surface area contributed by atoms with Gasteiger partial charge in [0.05, 0.1) is 25.7 Å². The van der Waals surface area contributed by atoms with Crippen LogP contribution < -0.4 is 5.32 Å². The van der Waals surface area contributed by atoms with Crippen LogP contribution in [-0.2, 0) is 14.3 Å². The van der Waals surface area contributed by atoms with Gasteiger partial charge in [0.15, 0.2) is 11.4 Å². The number of nitrogens with one attached hydrogen (secondary N) is 1. The van der Waals surface area contributed by atoms with E-state index in [-0.39, 0.29) is 60.7 Å². The topological polar surface area (TPSA) is 111 Å². The van der Waals surface area contributed by atoms with Crippen LogP contribution >= 0.6 is 0 Å². The predicted molar refractivity (Wildman–Crippen MR) is 124 cm³/mol. The molecule has 10 heteroatoms. The van der Waals surface area contributed by atoms with Crippen LogP contribution in [0.15, 0.2) is 22.6 Å². The molecule has 1 saturated carbocycles. The van der Waals surface area contributed by atoms with Crippen molar-refractivity contribution >= 4 is 28.9 Å². The van der Waals surface area contributed by atoms with Gasteiger partial charge in [0.25, 0.3) is 5.89 Å². The number of hydrogen-bond acceptors (Lipinski definition) is 7. The zero-order valence-electron chi connectivity index (χ0n) is 19.8. The lowest BCUT2D eigenvalue weighted by Gasteiger charge is -2.35. The van der Waals surface area contributed by atoms with Crippen LogP contribution in [0.1, 0.15) is 55.6 Å². The lowest BCUT2D eigenvalue weighted by Crippen LogP contribution is -2.49. The van der Waals surface area contributed by atoms with E-state index in [0.717, 1.165) is 25.7 Å². The third-order valence-corrected chi connectivity index (χ3v) is 6.71. The molecule has 2 aromatic rings. The summed E-state index contributed by atoms with van der Waals surface area (Å²) in [6, 6.07) is 4.30. The van der Waals surface area contributed by atoms with Crippen molar-refractivity contribution in [1.82, 2.24) is 15.2 Å². The molecule has 1 aliphatic heterocycles. The summed E-state index contributed by atoms with van der Waals surface area (Å²) < 4.78 is 29.5. The van der Waals surface area contributed by atoms with Crippen molar-refractivity contribution in [2.75, 3.05) is 39.5 Å². The molecule has 2 aliphatic rings. The van der Waals surface area contributed by atoms with Crippen molar-refractivity contribution in [3.05, 3.63) is 29.9 Å². The summed E-state index contributed by atoms with van der Waals surface area (Å²) in [5.41, 5.74) is 0.230. The molecule has 0 radical (unpaired) electrons. The first-order chi connectivity index (χ1) is 17.0. The van der Waals surface area contributed by atoms with E-state index in [1.165, 1.54) is 18.6 Å². The van der Waals surface area contributed by atoms with Crippen molar-refractivity contribution in [3.63, 3.8) is 0 Å². The summed E-state index contributed by atoms with van der Waals surface area (Å²) in [5.74, 6) is -1.08. The number of Topliss-reactive ketones (excluding diaryl/α,β-unsaturated/α-hetero) is 1. The summed E-state index contributed by atoms with van der Waals surface area (Å²) in [7, 11) is 0. The Bertz CT molecular complexity index is 1030. The highest BCUT2D eigenvalue weighted by atomic mass is 19.1. The average molecular weight is 490 g/mol. The van der Waals surface area contributed by atoms with Crippen molar-refractivity contribution in [2.45, 2.75) is 44.9 Å². The van der Waals surface area contributed by atoms with E-state index in [1.54, 1.807) is 6.07 Å². The molecule has 190 valence electrons. The number of nitrogens with zero attached hydrogens (tertiary/aromatic N) is 2. The normalized spacial score (nSPS) is 17.8. The van der Waals surface area contributed by atoms with Crippen LogP contribution in [0.3, 0.4) is 0 Å². The summed E-state index contributed by atoms with van der Waals surface area (Å²) in [6.07, 6.45) is 5.05. The second kappa shape index (κ2) is 12.1. The molecular formula is C25H32FN3O6. The molecular weight excluding hydrogens is 457 g/mol. The minimum absolute atomic E-state index is 0.0255. The number of carbonyl (C=O) groups excluding carboxylic acids is 3. The van der Waals surface area contributed by atoms with Crippen molar-refractivity contribution in [1.29, 1.82) is 0 Å². The fourth-order valence-corrected chi connectivity index (χ4v) is 4.79. The van der Waals surface area contributed by atoms with Crippen LogP contribution in [0.25, 0.3) is 11.1 Å². The van der Waals surface area contributed by atoms with E-state index in [2.05, 4.69) is 10.3 Å². The van der Waals surface area contributed by atoms with E-state index in [1.807, 2.05) is 4.90 Å². The van der Waals surface area contributed by atoms with Crippen LogP contribution in [0.4, 0.5) is 9.18 Å². The Hall–Kier alpha value is -3.01. The summed E-state index contributed by atoms with van der Waals surface area (Å²) in [4.78, 5) is 43.6. The Balaban J connectivity index is 1.22. The third-order valence-electron chi connectivity index (χ3n) is 6.71. The van der Waals surface area contributed by atoms with Gasteiger partial charge in [-0.25, -0.2) is 14.2 Å². The number of amides is 2. The molecule has 35 heavy (non-hydrogen) atoms. The van der Waals surface area contributed by atoms with Crippen LogP contribution in [0.2, 0.25) is 0 Å². The van der Waals surface area contributed by atoms with Crippen LogP contribution in [0.5, 0.6) is 0 Å². The number of rotatable bonds is 9. The molecule has 9 nitrogen and oxygen atoms in total. The minimum Gasteiger partial charge on any atom is -0.450 e. The highest BCUT2D eigenvalue weighted by molar-refractivity contribution is 5.94. The van der Waals surface area contributed by atoms with Crippen LogP contribution in [0, 0.1) is 17.7 Å². The van der Waals surface area contributed by atoms with Gasteiger partial charge in [0.1, 0.15) is 5.52 Å². The van der Waals surface area contributed by atoms with Gasteiger partial charge in [0.2, 0.25) is 11.7 Å². The van der Waals surface area contributed by atoms with E-state index < -0.39 is 17.7 Å². The maximum absolute atomic E-state index is 13.7. The number of alkyl carbamates (subject to hydrolysis) is 1. The molecule has 1 aromatic carbocycles. The number of halogens is 1. The van der Waals surface area contributed by atoms with Gasteiger partial charge in [0, 0.05) is 26.1 Å². The van der Waals surface area contributed by atoms with Gasteiger partial charge < -0.3 is 24.1 Å². The Morgan fingerprint density at radius 1 is 1.17 bits per heavy atom. The Kier molecular flexibility index (Phi) is 8.68. The first-order valence-corrected chi connectivity index (χ1v) is 12.4. The second-order valence-corrected chi connectivity index (χ2v) is 9.09. The van der Waals surface area contributed by atoms with E-state index in [4.69, 9.17) is 13.9 Å². The maximum atomic E-state index is 13.7. The monoisotopic (exact) mass is 489 g/mol. The van der Waals surface area contributed by atoms with Crippen molar-refractivity contribution in [3.8, 4) is 0 Å². The van der Waals surface area contributed by atoms with Gasteiger partial charge in [-0.2, -0.15) is 0 Å². The van der Waals surface area contributed by atoms with Crippen LogP contribution in [-0.4, -0.2) is 67.1 Å². The smallest absolute Gasteiger partial charge is 0.407 e. The summed E-state index contributed by atoms with van der Waals surface area (Å²) >= 11 is 0. The highest BCUT2D eigenvalue weighted by Crippen LogP contribution is 2.31. The fourth-order valence-electron chi connectivity index (χ4n) is 4.79. The predicted octanol–water partition coefficient (Wildman–Crippen LogP) is 3.71. The first kappa shape index (κ1) is 25.1. The Morgan fingerprint density at radius 3 is 2.69 bits per heavy atom. The van der Waals surface area contributed by atoms with Crippen molar-refractivity contribution in [2.24, 2.45) is 11.8 Å². The van der Waals surface area contributed by atoms with Crippen molar-refractivity contribution < 1.29 is 32.7 Å². The van der Waals surface area contributed by atoms with Gasteiger partial charge in [-0.15, -0.1) is 0 Å². The fraction of sp³-hybridized carbons (Fsp3) is 0.600. The number of ether oxygens (including phenoxy) is 2. The molecule has 2 heterocycles. The molecule has 1 unspecified atom stereocenters. The van der Waals surface area contributed by atoms with Gasteiger partial charge in [-0.05, 0) is 37.3 Å². The number of ketones is 1. The molecule has 1 aliphatic carbocycles. The molecule has 1 aromatic heterocycles. The van der Waals surface area contributed by atoms with E-state index in [0.29, 0.717) is 26.3 Å². The molecule has 0 spiro atoms. The minimum atomic E-state index is -0.614. The lowest BCUT2D eigenvalue weighted by atomic mass is 9.79. The zero-order valence-corrected chi connectivity index (χ0v) is 19.8. The lowest BCUT2D eigenvalue weighted by molar-refractivity contribution is -0.141. The van der Waals surface area contributed by atoms with Gasteiger partial charge in [-0.3, -0.25) is 9.59 Å². The maximum Gasteiger partial charge on any atom is 0.407 e. The van der Waals surface area contributed by atoms with E-state index >= 15 is 0 Å². The Labute approximate surface area is 203 Å². The molecule has 2 amide bonds. The third kappa shape index (κ3) is 6.56. The summed E-state index contributed by atoms with van der Waals surface area (Å²) in [5, 5.41) is 2.75. The molecule has 1 atom stereocenters. The van der Waals surface area contributed by atoms with E-state index in [9.17, 15) is 18.8 Å². The first-order valence-electron chi connectivity index (χ1n) is 12.4. The summed E-state index contributed by atoms with van der Waals surface area (Å²) in [6.45, 7) is 2.48. The molecule has 1 saturated heterocycles. The largest absolute Gasteiger partial charge is 0.450 e. The number of benzene rings is 1. The standard InChI is InChI=1S/C25H32FN3O6/c26-19-8-4-9-20-22(19)35-23(28-20)21(30)10-5-13-34-25(32)27-16-18(17-6-2-1-3-7-17)24(31)29-11-14-33-15-12-29/h4,8-9,17-18H,1-3,5-7,10-16H2,(H,27,32). The Morgan fingerprint density at radius 2 is 1.94 bits per heavy atom. The SMILES string of the molecule is O=C(NCC(C(=O)N1CCOCC1)C1CCCCC1)OCCCC(=O)c1nc2cccc(F)c2o1. The number of carbonyl (C=O) groups is 3. The molecule has 1 N–H and O–H groups in total. The highest BCUT2D eigenvalue weighted by Gasteiger charge is 2.33. The molecule has 0 bridgehead atoms. The number of aromatic nitrogens is 1. The average Bonchev–Trinajstić information content (AvgIpc) is 3.34. The quantitative estimate of drug-likeness (QED) is 0.422. The molecule has 2 fully saturated rings. The van der Waals surface area contributed by atoms with Gasteiger partial charge in [-0.1, -0.05) is 25.3 Å². The number of morpholine rings is 1. The second-order valence-electron chi connectivity index (χ2n) is 9.09. The zero-order chi connectivity index (χ0) is 24.6. The number of para-hydroxylation sites is 1. The van der Waals surface area contributed by atoms with Gasteiger partial charge >= 0.3 is 6.09 Å². The number of hydrogen-bond donors (Lipinski definition) is 1. The molecule has 4 rings (SSSR count).